The maximum Gasteiger partial charge on any atom is 0.258 e. The zero-order valence-electron chi connectivity index (χ0n) is 15.9. The molecule has 0 unspecified atom stereocenters. The van der Waals surface area contributed by atoms with Crippen LogP contribution in [0.2, 0.25) is 0 Å². The number of halogens is 1. The molecule has 5 nitrogen and oxygen atoms in total. The smallest absolute Gasteiger partial charge is 0.258 e. The lowest BCUT2D eigenvalue weighted by Crippen LogP contribution is -2.31. The van der Waals surface area contributed by atoms with E-state index in [1.54, 1.807) is 26.2 Å². The summed E-state index contributed by atoms with van der Waals surface area (Å²) in [6, 6.07) is 9.66. The van der Waals surface area contributed by atoms with Crippen LogP contribution in [0.15, 0.2) is 42.5 Å². The number of hydrogen-bond donors (Lipinski definition) is 1. The Hall–Kier alpha value is -3.02. The van der Waals surface area contributed by atoms with Gasteiger partial charge in [-0.1, -0.05) is 24.3 Å². The zero-order chi connectivity index (χ0) is 19.8. The Morgan fingerprint density at radius 1 is 1.11 bits per heavy atom. The number of methoxy groups -OCH3 is 2. The van der Waals surface area contributed by atoms with E-state index in [-0.39, 0.29) is 24.3 Å². The number of allylic oxidation sites excluding steroid dienone is 1. The van der Waals surface area contributed by atoms with Crippen molar-refractivity contribution in [3.8, 4) is 17.2 Å². The van der Waals surface area contributed by atoms with Crippen LogP contribution in [0.25, 0.3) is 6.08 Å². The van der Waals surface area contributed by atoms with Gasteiger partial charge in [-0.25, -0.2) is 4.39 Å². The lowest BCUT2D eigenvalue weighted by atomic mass is 10.1. The van der Waals surface area contributed by atoms with E-state index in [9.17, 15) is 9.18 Å². The van der Waals surface area contributed by atoms with E-state index < -0.39 is 5.82 Å². The first-order valence-corrected chi connectivity index (χ1v) is 8.54. The van der Waals surface area contributed by atoms with Gasteiger partial charge < -0.3 is 19.5 Å². The molecule has 1 atom stereocenters. The van der Waals surface area contributed by atoms with Gasteiger partial charge in [0.1, 0.15) is 0 Å². The normalized spacial score (nSPS) is 11.9. The largest absolute Gasteiger partial charge is 0.494 e. The highest BCUT2D eigenvalue weighted by molar-refractivity contribution is 5.78. The molecule has 0 aliphatic heterocycles. The molecule has 0 bridgehead atoms. The van der Waals surface area contributed by atoms with Crippen LogP contribution in [0.1, 0.15) is 31.0 Å². The average molecular weight is 373 g/mol. The van der Waals surface area contributed by atoms with Gasteiger partial charge in [0.15, 0.2) is 29.7 Å². The highest BCUT2D eigenvalue weighted by Gasteiger charge is 2.14. The summed E-state index contributed by atoms with van der Waals surface area (Å²) in [5, 5.41) is 2.78. The van der Waals surface area contributed by atoms with Gasteiger partial charge in [0, 0.05) is 0 Å². The highest BCUT2D eigenvalue weighted by atomic mass is 19.1. The molecule has 0 fully saturated rings. The average Bonchev–Trinajstić information content (AvgIpc) is 2.66. The molecule has 1 N–H and O–H groups in total. The second-order valence-corrected chi connectivity index (χ2v) is 5.88. The van der Waals surface area contributed by atoms with Crippen molar-refractivity contribution in [2.75, 3.05) is 20.8 Å². The molecule has 0 heterocycles. The van der Waals surface area contributed by atoms with E-state index in [0.29, 0.717) is 17.1 Å². The van der Waals surface area contributed by atoms with E-state index in [1.165, 1.54) is 19.2 Å². The van der Waals surface area contributed by atoms with E-state index in [2.05, 4.69) is 5.32 Å². The summed E-state index contributed by atoms with van der Waals surface area (Å²) in [5.41, 5.74) is 1.61. The molecule has 0 aliphatic rings. The lowest BCUT2D eigenvalue weighted by Gasteiger charge is -2.16. The first-order chi connectivity index (χ1) is 13.0. The molecule has 0 aliphatic carbocycles. The Labute approximate surface area is 158 Å². The third-order valence-corrected chi connectivity index (χ3v) is 3.96. The molecule has 0 radical (unpaired) electrons. The third-order valence-electron chi connectivity index (χ3n) is 3.96. The number of nitrogens with one attached hydrogen (secondary N) is 1. The Kier molecular flexibility index (Phi) is 7.23. The van der Waals surface area contributed by atoms with E-state index >= 15 is 0 Å². The SMILES string of the molecule is C/C=C/c1ccc(OCC(=O)N[C@H](C)c2ccc(OC)c(F)c2)c(OC)c1. The number of carbonyl (C=O) groups is 1. The molecule has 27 heavy (non-hydrogen) atoms. The zero-order valence-corrected chi connectivity index (χ0v) is 15.9. The molecule has 0 aromatic heterocycles. The maximum atomic E-state index is 13.8. The minimum absolute atomic E-state index is 0.161. The summed E-state index contributed by atoms with van der Waals surface area (Å²) < 4.78 is 29.6. The van der Waals surface area contributed by atoms with Crippen LogP contribution in [-0.2, 0) is 4.79 Å². The molecule has 144 valence electrons. The van der Waals surface area contributed by atoms with Gasteiger partial charge in [-0.3, -0.25) is 4.79 Å². The quantitative estimate of drug-likeness (QED) is 0.756. The van der Waals surface area contributed by atoms with Crippen molar-refractivity contribution in [2.24, 2.45) is 0 Å². The fourth-order valence-electron chi connectivity index (χ4n) is 2.56. The summed E-state index contributed by atoms with van der Waals surface area (Å²) >= 11 is 0. The van der Waals surface area contributed by atoms with Gasteiger partial charge >= 0.3 is 0 Å². The van der Waals surface area contributed by atoms with Gasteiger partial charge in [0.2, 0.25) is 0 Å². The number of carbonyl (C=O) groups excluding carboxylic acids is 1. The standard InChI is InChI=1S/C21H24FNO4/c1-5-6-15-7-9-19(20(11-15)26-4)27-13-21(24)23-14(2)16-8-10-18(25-3)17(22)12-16/h5-12,14H,13H2,1-4H3,(H,23,24)/b6-5+/t14-/m1/s1. The second kappa shape index (κ2) is 9.62. The van der Waals surface area contributed by atoms with Crippen LogP contribution in [-0.4, -0.2) is 26.7 Å². The molecular weight excluding hydrogens is 349 g/mol. The van der Waals surface area contributed by atoms with Gasteiger partial charge in [-0.15, -0.1) is 0 Å². The van der Waals surface area contributed by atoms with Gasteiger partial charge in [-0.05, 0) is 49.2 Å². The van der Waals surface area contributed by atoms with Gasteiger partial charge in [0.25, 0.3) is 5.91 Å². The van der Waals surface area contributed by atoms with Gasteiger partial charge in [0.05, 0.1) is 20.3 Å². The highest BCUT2D eigenvalue weighted by Crippen LogP contribution is 2.28. The predicted molar refractivity (Wildman–Crippen MR) is 103 cm³/mol. The Balaban J connectivity index is 1.97. The minimum Gasteiger partial charge on any atom is -0.494 e. The minimum atomic E-state index is -0.474. The van der Waals surface area contributed by atoms with Crippen molar-refractivity contribution in [2.45, 2.75) is 19.9 Å². The van der Waals surface area contributed by atoms with E-state index in [4.69, 9.17) is 14.2 Å². The van der Waals surface area contributed by atoms with E-state index in [0.717, 1.165) is 5.56 Å². The van der Waals surface area contributed by atoms with Crippen LogP contribution >= 0.6 is 0 Å². The molecular formula is C21H24FNO4. The number of hydrogen-bond acceptors (Lipinski definition) is 4. The molecule has 0 saturated heterocycles. The Bertz CT molecular complexity index is 820. The van der Waals surface area contributed by atoms with Crippen molar-refractivity contribution >= 4 is 12.0 Å². The summed E-state index contributed by atoms with van der Waals surface area (Å²) in [4.78, 5) is 12.2. The Morgan fingerprint density at radius 3 is 2.44 bits per heavy atom. The van der Waals surface area contributed by atoms with Crippen LogP contribution in [0, 0.1) is 5.82 Å². The maximum absolute atomic E-state index is 13.8. The molecule has 2 aromatic rings. The number of ether oxygens (including phenoxy) is 3. The van der Waals surface area contributed by atoms with Crippen LogP contribution in [0.4, 0.5) is 4.39 Å². The second-order valence-electron chi connectivity index (χ2n) is 5.88. The molecule has 2 aromatic carbocycles. The monoisotopic (exact) mass is 373 g/mol. The van der Waals surface area contributed by atoms with Crippen molar-refractivity contribution < 1.29 is 23.4 Å². The van der Waals surface area contributed by atoms with Crippen LogP contribution < -0.4 is 19.5 Å². The van der Waals surface area contributed by atoms with Crippen molar-refractivity contribution in [1.82, 2.24) is 5.32 Å². The predicted octanol–water partition coefficient (Wildman–Crippen LogP) is 4.13. The molecule has 0 spiro atoms. The molecule has 2 rings (SSSR count). The first-order valence-electron chi connectivity index (χ1n) is 8.54. The molecule has 1 amide bonds. The molecule has 0 saturated carbocycles. The van der Waals surface area contributed by atoms with Crippen molar-refractivity contribution in [3.63, 3.8) is 0 Å². The summed E-state index contributed by atoms with van der Waals surface area (Å²) in [6.45, 7) is 3.52. The number of benzene rings is 2. The Morgan fingerprint density at radius 2 is 1.81 bits per heavy atom. The van der Waals surface area contributed by atoms with Crippen LogP contribution in [0.3, 0.4) is 0 Å². The van der Waals surface area contributed by atoms with Crippen molar-refractivity contribution in [1.29, 1.82) is 0 Å². The molecule has 6 heteroatoms. The summed E-state index contributed by atoms with van der Waals surface area (Å²) in [6.07, 6.45) is 3.86. The first kappa shape index (κ1) is 20.3. The number of rotatable bonds is 8. The fourth-order valence-corrected chi connectivity index (χ4v) is 2.56. The third kappa shape index (κ3) is 5.48. The van der Waals surface area contributed by atoms with Crippen molar-refractivity contribution in [3.05, 3.63) is 59.4 Å². The van der Waals surface area contributed by atoms with E-state index in [1.807, 2.05) is 31.2 Å². The number of amides is 1. The van der Waals surface area contributed by atoms with Crippen LogP contribution in [0.5, 0.6) is 17.2 Å². The van der Waals surface area contributed by atoms with Gasteiger partial charge in [-0.2, -0.15) is 0 Å². The summed E-state index contributed by atoms with van der Waals surface area (Å²) in [5.74, 6) is 0.387. The lowest BCUT2D eigenvalue weighted by molar-refractivity contribution is -0.123. The fraction of sp³-hybridized carbons (Fsp3) is 0.286. The summed E-state index contributed by atoms with van der Waals surface area (Å²) in [7, 11) is 2.95. The topological polar surface area (TPSA) is 56.8 Å².